The number of rotatable bonds is 4. The molecule has 0 aliphatic carbocycles. The highest BCUT2D eigenvalue weighted by Gasteiger charge is 2.25. The van der Waals surface area contributed by atoms with Crippen LogP contribution in [-0.4, -0.2) is 36.0 Å². The molecular weight excluding hydrogens is 336 g/mol. The third-order valence-corrected chi connectivity index (χ3v) is 4.47. The summed E-state index contributed by atoms with van der Waals surface area (Å²) in [5, 5.41) is 0. The van der Waals surface area contributed by atoms with Gasteiger partial charge in [-0.05, 0) is 43.0 Å². The number of hydrogen-bond donors (Lipinski definition) is 1. The standard InChI is InChI=1S/C20H24N2O2.ClH/c1-15(20(23)22-13-11-18(21)12-14-22)24-19-9-7-17(8-10-19)16-5-3-2-4-6-16;/h2-10,15,18H,11-14,21H2,1H3;1H. The molecule has 4 nitrogen and oxygen atoms in total. The third kappa shape index (κ3) is 4.97. The van der Waals surface area contributed by atoms with E-state index in [1.165, 1.54) is 0 Å². The maximum absolute atomic E-state index is 12.5. The number of likely N-dealkylation sites (tertiary alicyclic amines) is 1. The molecule has 1 unspecified atom stereocenters. The molecule has 3 rings (SSSR count). The molecule has 2 aromatic carbocycles. The largest absolute Gasteiger partial charge is 0.481 e. The number of carbonyl (C=O) groups excluding carboxylic acids is 1. The van der Waals surface area contributed by atoms with Crippen LogP contribution < -0.4 is 10.5 Å². The second kappa shape index (κ2) is 8.88. The normalized spacial score (nSPS) is 16.0. The highest BCUT2D eigenvalue weighted by molar-refractivity contribution is 5.85. The fourth-order valence-electron chi connectivity index (χ4n) is 2.99. The van der Waals surface area contributed by atoms with Gasteiger partial charge in [-0.1, -0.05) is 42.5 Å². The molecule has 1 amide bonds. The second-order valence-electron chi connectivity index (χ2n) is 6.31. The SMILES string of the molecule is CC(Oc1ccc(-c2ccccc2)cc1)C(=O)N1CCC(N)CC1.Cl. The van der Waals surface area contributed by atoms with Gasteiger partial charge in [-0.15, -0.1) is 12.4 Å². The smallest absolute Gasteiger partial charge is 0.263 e. The molecule has 134 valence electrons. The Morgan fingerprint density at radius 1 is 1.04 bits per heavy atom. The van der Waals surface area contributed by atoms with Crippen molar-refractivity contribution in [3.63, 3.8) is 0 Å². The van der Waals surface area contributed by atoms with Gasteiger partial charge in [-0.3, -0.25) is 4.79 Å². The van der Waals surface area contributed by atoms with Gasteiger partial charge >= 0.3 is 0 Å². The van der Waals surface area contributed by atoms with Gasteiger partial charge in [0, 0.05) is 19.1 Å². The maximum Gasteiger partial charge on any atom is 0.263 e. The van der Waals surface area contributed by atoms with Crippen LogP contribution in [0.3, 0.4) is 0 Å². The van der Waals surface area contributed by atoms with E-state index in [1.54, 1.807) is 0 Å². The molecule has 1 aliphatic rings. The number of nitrogens with zero attached hydrogens (tertiary/aromatic N) is 1. The van der Waals surface area contributed by atoms with Gasteiger partial charge in [0.05, 0.1) is 0 Å². The van der Waals surface area contributed by atoms with Crippen LogP contribution in [0.25, 0.3) is 11.1 Å². The Morgan fingerprint density at radius 2 is 1.60 bits per heavy atom. The summed E-state index contributed by atoms with van der Waals surface area (Å²) in [6.07, 6.45) is 1.25. The molecule has 1 saturated heterocycles. The van der Waals surface area contributed by atoms with Crippen molar-refractivity contribution >= 4 is 18.3 Å². The van der Waals surface area contributed by atoms with Gasteiger partial charge in [-0.25, -0.2) is 0 Å². The summed E-state index contributed by atoms with van der Waals surface area (Å²) < 4.78 is 5.82. The molecule has 5 heteroatoms. The number of hydrogen-bond acceptors (Lipinski definition) is 3. The first-order valence-electron chi connectivity index (χ1n) is 8.50. The third-order valence-electron chi connectivity index (χ3n) is 4.47. The van der Waals surface area contributed by atoms with E-state index in [2.05, 4.69) is 12.1 Å². The number of ether oxygens (including phenoxy) is 1. The number of amides is 1. The summed E-state index contributed by atoms with van der Waals surface area (Å²) >= 11 is 0. The molecular formula is C20H25ClN2O2. The van der Waals surface area contributed by atoms with Gasteiger partial charge in [0.25, 0.3) is 5.91 Å². The van der Waals surface area contributed by atoms with E-state index in [9.17, 15) is 4.79 Å². The molecule has 0 aromatic heterocycles. The fraction of sp³-hybridized carbons (Fsp3) is 0.350. The molecule has 2 N–H and O–H groups in total. The van der Waals surface area contributed by atoms with E-state index in [4.69, 9.17) is 10.5 Å². The molecule has 25 heavy (non-hydrogen) atoms. The summed E-state index contributed by atoms with van der Waals surface area (Å²) in [7, 11) is 0. The number of halogens is 1. The maximum atomic E-state index is 12.5. The molecule has 2 aromatic rings. The molecule has 0 saturated carbocycles. The predicted molar refractivity (Wildman–Crippen MR) is 103 cm³/mol. The van der Waals surface area contributed by atoms with E-state index >= 15 is 0 Å². The monoisotopic (exact) mass is 360 g/mol. The zero-order valence-electron chi connectivity index (χ0n) is 14.4. The van der Waals surface area contributed by atoms with Crippen molar-refractivity contribution in [1.82, 2.24) is 4.90 Å². The highest BCUT2D eigenvalue weighted by Crippen LogP contribution is 2.23. The van der Waals surface area contributed by atoms with Gasteiger partial charge in [0.15, 0.2) is 6.10 Å². The van der Waals surface area contributed by atoms with Crippen molar-refractivity contribution in [1.29, 1.82) is 0 Å². The Bertz CT molecular complexity index is 668. The molecule has 1 fully saturated rings. The Morgan fingerprint density at radius 3 is 2.20 bits per heavy atom. The first-order chi connectivity index (χ1) is 11.6. The van der Waals surface area contributed by atoms with E-state index in [0.717, 1.165) is 37.1 Å². The van der Waals surface area contributed by atoms with Crippen LogP contribution in [-0.2, 0) is 4.79 Å². The zero-order valence-corrected chi connectivity index (χ0v) is 15.2. The predicted octanol–water partition coefficient (Wildman–Crippen LogP) is 3.49. The molecule has 0 bridgehead atoms. The summed E-state index contributed by atoms with van der Waals surface area (Å²) in [5.41, 5.74) is 8.19. The van der Waals surface area contributed by atoms with E-state index in [1.807, 2.05) is 54.3 Å². The van der Waals surface area contributed by atoms with Gasteiger partial charge < -0.3 is 15.4 Å². The van der Waals surface area contributed by atoms with Crippen molar-refractivity contribution in [2.75, 3.05) is 13.1 Å². The van der Waals surface area contributed by atoms with Gasteiger partial charge in [-0.2, -0.15) is 0 Å². The van der Waals surface area contributed by atoms with Crippen LogP contribution in [0.1, 0.15) is 19.8 Å². The average Bonchev–Trinajstić information content (AvgIpc) is 2.63. The van der Waals surface area contributed by atoms with Crippen LogP contribution in [0, 0.1) is 0 Å². The topological polar surface area (TPSA) is 55.6 Å². The van der Waals surface area contributed by atoms with Crippen LogP contribution in [0.2, 0.25) is 0 Å². The molecule has 1 atom stereocenters. The Labute approximate surface area is 155 Å². The minimum Gasteiger partial charge on any atom is -0.481 e. The van der Waals surface area contributed by atoms with Crippen molar-refractivity contribution in [3.8, 4) is 16.9 Å². The number of benzene rings is 2. The summed E-state index contributed by atoms with van der Waals surface area (Å²) in [4.78, 5) is 14.3. The van der Waals surface area contributed by atoms with Crippen LogP contribution in [0.5, 0.6) is 5.75 Å². The van der Waals surface area contributed by atoms with Crippen LogP contribution in [0.15, 0.2) is 54.6 Å². The van der Waals surface area contributed by atoms with Crippen molar-refractivity contribution < 1.29 is 9.53 Å². The molecule has 0 radical (unpaired) electrons. The average molecular weight is 361 g/mol. The Balaban J connectivity index is 0.00000225. The lowest BCUT2D eigenvalue weighted by Gasteiger charge is -2.32. The van der Waals surface area contributed by atoms with Gasteiger partial charge in [0.2, 0.25) is 0 Å². The number of nitrogens with two attached hydrogens (primary N) is 1. The summed E-state index contributed by atoms with van der Waals surface area (Å²) in [6, 6.07) is 18.3. The lowest BCUT2D eigenvalue weighted by molar-refractivity contribution is -0.139. The summed E-state index contributed by atoms with van der Waals surface area (Å²) in [5.74, 6) is 0.748. The number of carbonyl (C=O) groups is 1. The van der Waals surface area contributed by atoms with Crippen molar-refractivity contribution in [3.05, 3.63) is 54.6 Å². The first kappa shape index (κ1) is 19.3. The lowest BCUT2D eigenvalue weighted by Crippen LogP contribution is -2.47. The van der Waals surface area contributed by atoms with E-state index in [-0.39, 0.29) is 24.4 Å². The van der Waals surface area contributed by atoms with Crippen LogP contribution >= 0.6 is 12.4 Å². The van der Waals surface area contributed by atoms with E-state index < -0.39 is 6.10 Å². The minimum absolute atomic E-state index is 0. The Hall–Kier alpha value is -2.04. The molecule has 0 spiro atoms. The Kier molecular flexibility index (Phi) is 6.85. The van der Waals surface area contributed by atoms with Crippen molar-refractivity contribution in [2.24, 2.45) is 5.73 Å². The lowest BCUT2D eigenvalue weighted by atomic mass is 10.1. The highest BCUT2D eigenvalue weighted by atomic mass is 35.5. The quantitative estimate of drug-likeness (QED) is 0.908. The van der Waals surface area contributed by atoms with Gasteiger partial charge in [0.1, 0.15) is 5.75 Å². The van der Waals surface area contributed by atoms with Crippen LogP contribution in [0.4, 0.5) is 0 Å². The fourth-order valence-corrected chi connectivity index (χ4v) is 2.99. The second-order valence-corrected chi connectivity index (χ2v) is 6.31. The van der Waals surface area contributed by atoms with Crippen molar-refractivity contribution in [2.45, 2.75) is 31.9 Å². The minimum atomic E-state index is -0.484. The number of piperidine rings is 1. The first-order valence-corrected chi connectivity index (χ1v) is 8.50. The molecule has 1 heterocycles. The van der Waals surface area contributed by atoms with E-state index in [0.29, 0.717) is 5.75 Å². The zero-order chi connectivity index (χ0) is 16.9. The molecule has 1 aliphatic heterocycles. The summed E-state index contributed by atoms with van der Waals surface area (Å²) in [6.45, 7) is 3.25.